The Bertz CT molecular complexity index is 964. The molecule has 4 nitrogen and oxygen atoms in total. The Labute approximate surface area is 161 Å². The van der Waals surface area contributed by atoms with E-state index in [4.69, 9.17) is 25.8 Å². The van der Waals surface area contributed by atoms with E-state index in [2.05, 4.69) is 5.32 Å². The molecule has 1 N–H and O–H groups in total. The highest BCUT2D eigenvalue weighted by Crippen LogP contribution is 2.34. The maximum atomic E-state index is 13.8. The Balaban J connectivity index is 1.47. The number of anilines is 1. The third kappa shape index (κ3) is 4.09. The van der Waals surface area contributed by atoms with Crippen molar-refractivity contribution in [2.75, 3.05) is 12.1 Å². The fourth-order valence-corrected chi connectivity index (χ4v) is 3.00. The summed E-state index contributed by atoms with van der Waals surface area (Å²) >= 11 is 6.14. The molecule has 0 unspecified atom stereocenters. The summed E-state index contributed by atoms with van der Waals surface area (Å²) in [5.41, 5.74) is 2.26. The normalized spacial score (nSPS) is 12.1. The zero-order chi connectivity index (χ0) is 18.6. The van der Waals surface area contributed by atoms with Gasteiger partial charge in [-0.3, -0.25) is 0 Å². The topological polar surface area (TPSA) is 39.7 Å². The summed E-state index contributed by atoms with van der Waals surface area (Å²) in [6, 6.07) is 17.6. The Morgan fingerprint density at radius 3 is 2.70 bits per heavy atom. The Kier molecular flexibility index (Phi) is 5.03. The van der Waals surface area contributed by atoms with E-state index in [0.29, 0.717) is 28.6 Å². The average molecular weight is 386 g/mol. The predicted octanol–water partition coefficient (Wildman–Crippen LogP) is 5.40. The molecule has 4 rings (SSSR count). The largest absolute Gasteiger partial charge is 0.488 e. The van der Waals surface area contributed by atoms with Gasteiger partial charge in [0.25, 0.3) is 0 Å². The highest BCUT2D eigenvalue weighted by atomic mass is 35.5. The lowest BCUT2D eigenvalue weighted by molar-refractivity contribution is 0.174. The second-order valence-electron chi connectivity index (χ2n) is 6.05. The van der Waals surface area contributed by atoms with Gasteiger partial charge in [-0.15, -0.1) is 0 Å². The minimum Gasteiger partial charge on any atom is -0.488 e. The summed E-state index contributed by atoms with van der Waals surface area (Å²) in [4.78, 5) is 0. The monoisotopic (exact) mass is 385 g/mol. The van der Waals surface area contributed by atoms with Crippen LogP contribution in [-0.4, -0.2) is 6.79 Å². The van der Waals surface area contributed by atoms with Gasteiger partial charge in [0.1, 0.15) is 18.2 Å². The van der Waals surface area contributed by atoms with Gasteiger partial charge in [-0.25, -0.2) is 4.39 Å². The zero-order valence-corrected chi connectivity index (χ0v) is 15.1. The average Bonchev–Trinajstić information content (AvgIpc) is 3.14. The number of rotatable bonds is 6. The summed E-state index contributed by atoms with van der Waals surface area (Å²) in [5, 5.41) is 3.93. The van der Waals surface area contributed by atoms with Gasteiger partial charge in [0, 0.05) is 34.4 Å². The van der Waals surface area contributed by atoms with E-state index in [-0.39, 0.29) is 19.2 Å². The second kappa shape index (κ2) is 7.76. The first-order valence-corrected chi connectivity index (χ1v) is 8.85. The number of fused-ring (bicyclic) bond motifs is 1. The van der Waals surface area contributed by atoms with E-state index < -0.39 is 0 Å². The Hall–Kier alpha value is -2.92. The molecule has 3 aromatic carbocycles. The van der Waals surface area contributed by atoms with Crippen LogP contribution in [0.4, 0.5) is 10.1 Å². The van der Waals surface area contributed by atoms with Crippen molar-refractivity contribution < 1.29 is 18.6 Å². The van der Waals surface area contributed by atoms with Crippen LogP contribution in [0.2, 0.25) is 5.02 Å². The van der Waals surface area contributed by atoms with Gasteiger partial charge >= 0.3 is 0 Å². The fourth-order valence-electron chi connectivity index (χ4n) is 2.80. The number of hydrogen-bond acceptors (Lipinski definition) is 4. The molecule has 0 aromatic heterocycles. The number of nitrogens with one attached hydrogen (secondary N) is 1. The number of ether oxygens (including phenoxy) is 3. The van der Waals surface area contributed by atoms with Crippen LogP contribution in [0.3, 0.4) is 0 Å². The molecule has 0 spiro atoms. The van der Waals surface area contributed by atoms with E-state index >= 15 is 0 Å². The highest BCUT2D eigenvalue weighted by molar-refractivity contribution is 6.30. The van der Waals surface area contributed by atoms with Crippen molar-refractivity contribution in [2.24, 2.45) is 0 Å². The molecule has 3 aromatic rings. The van der Waals surface area contributed by atoms with Gasteiger partial charge in [-0.1, -0.05) is 29.8 Å². The Morgan fingerprint density at radius 2 is 1.81 bits per heavy atom. The summed E-state index contributed by atoms with van der Waals surface area (Å²) in [7, 11) is 0. The van der Waals surface area contributed by atoms with Gasteiger partial charge in [0.05, 0.1) is 0 Å². The van der Waals surface area contributed by atoms with Gasteiger partial charge in [0.15, 0.2) is 11.5 Å². The van der Waals surface area contributed by atoms with Crippen molar-refractivity contribution in [1.29, 1.82) is 0 Å². The zero-order valence-electron chi connectivity index (χ0n) is 14.4. The molecular weight excluding hydrogens is 369 g/mol. The highest BCUT2D eigenvalue weighted by Gasteiger charge is 2.13. The number of hydrogen-bond donors (Lipinski definition) is 1. The SMILES string of the molecule is Fc1ccccc1COc1ccc(Cl)cc1CNc1ccc2c(c1)OCO2. The van der Waals surface area contributed by atoms with Crippen LogP contribution in [0.5, 0.6) is 17.2 Å². The van der Waals surface area contributed by atoms with Crippen molar-refractivity contribution in [2.45, 2.75) is 13.2 Å². The minimum absolute atomic E-state index is 0.144. The molecule has 0 saturated carbocycles. The summed E-state index contributed by atoms with van der Waals surface area (Å²) in [6.45, 7) is 0.874. The second-order valence-corrected chi connectivity index (χ2v) is 6.49. The number of halogens is 2. The minimum atomic E-state index is -0.286. The van der Waals surface area contributed by atoms with Gasteiger partial charge in [0.2, 0.25) is 6.79 Å². The van der Waals surface area contributed by atoms with Crippen LogP contribution < -0.4 is 19.5 Å². The molecule has 1 heterocycles. The lowest BCUT2D eigenvalue weighted by Gasteiger charge is -2.14. The first-order valence-electron chi connectivity index (χ1n) is 8.47. The first-order chi connectivity index (χ1) is 13.2. The van der Waals surface area contributed by atoms with E-state index in [1.165, 1.54) is 6.07 Å². The van der Waals surface area contributed by atoms with E-state index in [1.54, 1.807) is 30.3 Å². The van der Waals surface area contributed by atoms with E-state index in [9.17, 15) is 4.39 Å². The molecule has 138 valence electrons. The molecule has 6 heteroatoms. The van der Waals surface area contributed by atoms with Crippen molar-refractivity contribution >= 4 is 17.3 Å². The lowest BCUT2D eigenvalue weighted by Crippen LogP contribution is -2.04. The van der Waals surface area contributed by atoms with Crippen LogP contribution in [0.15, 0.2) is 60.7 Å². The molecule has 0 amide bonds. The van der Waals surface area contributed by atoms with E-state index in [0.717, 1.165) is 17.0 Å². The molecule has 0 fully saturated rings. The van der Waals surface area contributed by atoms with Crippen molar-refractivity contribution in [3.8, 4) is 17.2 Å². The third-order valence-electron chi connectivity index (χ3n) is 4.22. The summed E-state index contributed by atoms with van der Waals surface area (Å²) in [6.07, 6.45) is 0. The fraction of sp³-hybridized carbons (Fsp3) is 0.143. The van der Waals surface area contributed by atoms with Crippen LogP contribution in [0, 0.1) is 5.82 Å². The van der Waals surface area contributed by atoms with Crippen LogP contribution in [0.1, 0.15) is 11.1 Å². The van der Waals surface area contributed by atoms with Crippen LogP contribution in [-0.2, 0) is 13.2 Å². The molecule has 27 heavy (non-hydrogen) atoms. The van der Waals surface area contributed by atoms with E-state index in [1.807, 2.05) is 24.3 Å². The standard InChI is InChI=1S/C21H17ClFNO3/c22-16-5-7-19(25-12-14-3-1-2-4-18(14)23)15(9-16)11-24-17-6-8-20-21(10-17)27-13-26-20/h1-10,24H,11-13H2. The molecular formula is C21H17ClFNO3. The summed E-state index contributed by atoms with van der Waals surface area (Å²) < 4.78 is 30.3. The number of benzene rings is 3. The Morgan fingerprint density at radius 1 is 0.963 bits per heavy atom. The van der Waals surface area contributed by atoms with Crippen molar-refractivity contribution in [3.05, 3.63) is 82.6 Å². The lowest BCUT2D eigenvalue weighted by atomic mass is 10.2. The smallest absolute Gasteiger partial charge is 0.231 e. The molecule has 0 bridgehead atoms. The summed E-state index contributed by atoms with van der Waals surface area (Å²) in [5.74, 6) is 1.81. The van der Waals surface area contributed by atoms with Crippen LogP contribution >= 0.6 is 11.6 Å². The van der Waals surface area contributed by atoms with Gasteiger partial charge in [-0.2, -0.15) is 0 Å². The molecule has 0 radical (unpaired) electrons. The molecule has 1 aliphatic heterocycles. The van der Waals surface area contributed by atoms with Crippen molar-refractivity contribution in [3.63, 3.8) is 0 Å². The van der Waals surface area contributed by atoms with Gasteiger partial charge in [-0.05, 0) is 36.4 Å². The maximum Gasteiger partial charge on any atom is 0.231 e. The van der Waals surface area contributed by atoms with Crippen LogP contribution in [0.25, 0.3) is 0 Å². The first kappa shape index (κ1) is 17.5. The van der Waals surface area contributed by atoms with Crippen molar-refractivity contribution in [1.82, 2.24) is 0 Å². The third-order valence-corrected chi connectivity index (χ3v) is 4.45. The predicted molar refractivity (Wildman–Crippen MR) is 102 cm³/mol. The molecule has 1 aliphatic rings. The van der Waals surface area contributed by atoms with Gasteiger partial charge < -0.3 is 19.5 Å². The molecule has 0 saturated heterocycles. The maximum absolute atomic E-state index is 13.8. The quantitative estimate of drug-likeness (QED) is 0.616. The molecule has 0 atom stereocenters. The molecule has 0 aliphatic carbocycles.